The second-order valence-electron chi connectivity index (χ2n) is 4.58. The van der Waals surface area contributed by atoms with Gasteiger partial charge in [-0.15, -0.1) is 11.3 Å². The lowest BCUT2D eigenvalue weighted by Crippen LogP contribution is -2.29. The Kier molecular flexibility index (Phi) is 3.14. The number of rotatable bonds is 2. The Morgan fingerprint density at radius 1 is 1.39 bits per heavy atom. The summed E-state index contributed by atoms with van der Waals surface area (Å²) in [5.74, 6) is 0. The molecule has 0 aliphatic carbocycles. The molecule has 0 fully saturated rings. The molecule has 3 heteroatoms. The molecule has 1 aliphatic rings. The summed E-state index contributed by atoms with van der Waals surface area (Å²) in [7, 11) is 0. The van der Waals surface area contributed by atoms with E-state index in [9.17, 15) is 0 Å². The van der Waals surface area contributed by atoms with E-state index in [0.29, 0.717) is 6.04 Å². The van der Waals surface area contributed by atoms with Crippen molar-refractivity contribution in [1.29, 1.82) is 5.26 Å². The highest BCUT2D eigenvalue weighted by molar-refractivity contribution is 7.10. The third-order valence-corrected chi connectivity index (χ3v) is 4.45. The summed E-state index contributed by atoms with van der Waals surface area (Å²) in [6, 6.07) is 12.8. The minimum absolute atomic E-state index is 0.405. The third kappa shape index (κ3) is 2.17. The summed E-state index contributed by atoms with van der Waals surface area (Å²) < 4.78 is 0. The van der Waals surface area contributed by atoms with Crippen molar-refractivity contribution < 1.29 is 0 Å². The minimum Gasteiger partial charge on any atom is -0.309 e. The van der Waals surface area contributed by atoms with E-state index in [1.165, 1.54) is 16.0 Å². The van der Waals surface area contributed by atoms with Gasteiger partial charge in [-0.1, -0.05) is 12.1 Å². The van der Waals surface area contributed by atoms with Crippen molar-refractivity contribution in [3.63, 3.8) is 0 Å². The van der Waals surface area contributed by atoms with E-state index in [-0.39, 0.29) is 0 Å². The molecular formula is C15H14N2S. The maximum Gasteiger partial charge on any atom is 0.0991 e. The van der Waals surface area contributed by atoms with Crippen LogP contribution in [-0.2, 0) is 12.8 Å². The molecule has 1 aromatic heterocycles. The molecule has 0 saturated heterocycles. The fourth-order valence-corrected chi connectivity index (χ4v) is 3.53. The fourth-order valence-electron chi connectivity index (χ4n) is 2.50. The van der Waals surface area contributed by atoms with Crippen LogP contribution in [0.25, 0.3) is 0 Å². The van der Waals surface area contributed by atoms with E-state index < -0.39 is 0 Å². The Morgan fingerprint density at radius 3 is 3.22 bits per heavy atom. The van der Waals surface area contributed by atoms with Crippen LogP contribution in [0.1, 0.15) is 27.6 Å². The predicted molar refractivity (Wildman–Crippen MR) is 73.6 cm³/mol. The molecule has 0 radical (unpaired) electrons. The molecule has 18 heavy (non-hydrogen) atoms. The summed E-state index contributed by atoms with van der Waals surface area (Å²) in [6.45, 7) is 1.05. The van der Waals surface area contributed by atoms with Crippen LogP contribution in [0.15, 0.2) is 35.7 Å². The standard InChI is InChI=1S/C15H14N2S/c16-10-12-3-1-2-11(8-12)9-14-15-13(4-6-17-14)5-7-18-15/h1-3,5,7-8,14,17H,4,6,9H2/t14-/m0/s1. The molecule has 2 nitrogen and oxygen atoms in total. The largest absolute Gasteiger partial charge is 0.309 e. The van der Waals surface area contributed by atoms with Gasteiger partial charge in [0.25, 0.3) is 0 Å². The number of benzene rings is 1. The average Bonchev–Trinajstić information content (AvgIpc) is 2.88. The second kappa shape index (κ2) is 4.93. The highest BCUT2D eigenvalue weighted by atomic mass is 32.1. The van der Waals surface area contributed by atoms with E-state index >= 15 is 0 Å². The zero-order chi connectivity index (χ0) is 12.4. The molecular weight excluding hydrogens is 240 g/mol. The molecule has 0 bridgehead atoms. The minimum atomic E-state index is 0.405. The lowest BCUT2D eigenvalue weighted by atomic mass is 9.97. The van der Waals surface area contributed by atoms with E-state index in [1.807, 2.05) is 29.5 Å². The molecule has 1 atom stereocenters. The summed E-state index contributed by atoms with van der Waals surface area (Å²) in [6.07, 6.45) is 2.09. The molecule has 1 N–H and O–H groups in total. The van der Waals surface area contributed by atoms with Crippen LogP contribution in [-0.4, -0.2) is 6.54 Å². The van der Waals surface area contributed by atoms with Gasteiger partial charge in [0.15, 0.2) is 0 Å². The Bertz CT molecular complexity index is 595. The van der Waals surface area contributed by atoms with E-state index in [0.717, 1.165) is 24.9 Å². The number of nitrogens with zero attached hydrogens (tertiary/aromatic N) is 1. The monoisotopic (exact) mass is 254 g/mol. The summed E-state index contributed by atoms with van der Waals surface area (Å²) in [5.41, 5.74) is 3.46. The van der Waals surface area contributed by atoms with Gasteiger partial charge >= 0.3 is 0 Å². The molecule has 0 unspecified atom stereocenters. The fraction of sp³-hybridized carbons (Fsp3) is 0.267. The number of fused-ring (bicyclic) bond motifs is 1. The molecule has 1 aromatic carbocycles. The summed E-state index contributed by atoms with van der Waals surface area (Å²) in [5, 5.41) is 14.7. The topological polar surface area (TPSA) is 35.8 Å². The van der Waals surface area contributed by atoms with Gasteiger partial charge in [0.1, 0.15) is 0 Å². The normalized spacial score (nSPS) is 18.1. The Balaban J connectivity index is 1.84. The van der Waals surface area contributed by atoms with E-state index in [4.69, 9.17) is 5.26 Å². The van der Waals surface area contributed by atoms with Gasteiger partial charge in [-0.3, -0.25) is 0 Å². The first kappa shape index (κ1) is 11.5. The van der Waals surface area contributed by atoms with Crippen molar-refractivity contribution in [2.75, 3.05) is 6.54 Å². The number of nitrogens with one attached hydrogen (secondary N) is 1. The molecule has 0 spiro atoms. The first-order chi connectivity index (χ1) is 8.86. The van der Waals surface area contributed by atoms with E-state index in [2.05, 4.69) is 28.9 Å². The molecule has 90 valence electrons. The smallest absolute Gasteiger partial charge is 0.0991 e. The maximum atomic E-state index is 8.93. The highest BCUT2D eigenvalue weighted by Gasteiger charge is 2.20. The molecule has 0 amide bonds. The van der Waals surface area contributed by atoms with Crippen LogP contribution in [0, 0.1) is 11.3 Å². The van der Waals surface area contributed by atoms with Crippen molar-refractivity contribution >= 4 is 11.3 Å². The van der Waals surface area contributed by atoms with E-state index in [1.54, 1.807) is 0 Å². The summed E-state index contributed by atoms with van der Waals surface area (Å²) >= 11 is 1.84. The lowest BCUT2D eigenvalue weighted by molar-refractivity contribution is 0.512. The average molecular weight is 254 g/mol. The Labute approximate surface area is 111 Å². The van der Waals surface area contributed by atoms with Crippen molar-refractivity contribution in [3.05, 3.63) is 57.3 Å². The molecule has 3 rings (SSSR count). The van der Waals surface area contributed by atoms with Gasteiger partial charge in [-0.2, -0.15) is 5.26 Å². The van der Waals surface area contributed by atoms with Crippen LogP contribution in [0.2, 0.25) is 0 Å². The van der Waals surface area contributed by atoms with Crippen molar-refractivity contribution in [3.8, 4) is 6.07 Å². The Morgan fingerprint density at radius 2 is 2.33 bits per heavy atom. The predicted octanol–water partition coefficient (Wildman–Crippen LogP) is 3.05. The SMILES string of the molecule is N#Cc1cccc(C[C@@H]2NCCc3ccsc32)c1. The van der Waals surface area contributed by atoms with Crippen molar-refractivity contribution in [2.45, 2.75) is 18.9 Å². The first-order valence-electron chi connectivity index (χ1n) is 6.15. The van der Waals surface area contributed by atoms with Gasteiger partial charge in [-0.05, 0) is 54.1 Å². The number of thiophene rings is 1. The van der Waals surface area contributed by atoms with Gasteiger partial charge in [-0.25, -0.2) is 0 Å². The van der Waals surface area contributed by atoms with Crippen LogP contribution < -0.4 is 5.32 Å². The number of hydrogen-bond donors (Lipinski definition) is 1. The van der Waals surface area contributed by atoms with Gasteiger partial charge in [0, 0.05) is 10.9 Å². The molecule has 1 aliphatic heterocycles. The van der Waals surface area contributed by atoms with Gasteiger partial charge < -0.3 is 5.32 Å². The van der Waals surface area contributed by atoms with Crippen LogP contribution >= 0.6 is 11.3 Å². The van der Waals surface area contributed by atoms with Crippen LogP contribution in [0.5, 0.6) is 0 Å². The first-order valence-corrected chi connectivity index (χ1v) is 7.03. The molecule has 2 aromatic rings. The summed E-state index contributed by atoms with van der Waals surface area (Å²) in [4.78, 5) is 1.46. The van der Waals surface area contributed by atoms with Crippen LogP contribution in [0.4, 0.5) is 0 Å². The number of nitriles is 1. The maximum absolute atomic E-state index is 8.93. The zero-order valence-corrected chi connectivity index (χ0v) is 10.8. The lowest BCUT2D eigenvalue weighted by Gasteiger charge is -2.24. The van der Waals surface area contributed by atoms with Crippen molar-refractivity contribution in [2.24, 2.45) is 0 Å². The second-order valence-corrected chi connectivity index (χ2v) is 5.53. The quantitative estimate of drug-likeness (QED) is 0.894. The Hall–Kier alpha value is -1.63. The zero-order valence-electron chi connectivity index (χ0n) is 10.0. The van der Waals surface area contributed by atoms with Crippen molar-refractivity contribution in [1.82, 2.24) is 5.32 Å². The van der Waals surface area contributed by atoms with Crippen LogP contribution in [0.3, 0.4) is 0 Å². The molecule has 0 saturated carbocycles. The van der Waals surface area contributed by atoms with Gasteiger partial charge in [0.2, 0.25) is 0 Å². The highest BCUT2D eigenvalue weighted by Crippen LogP contribution is 2.30. The number of hydrogen-bond acceptors (Lipinski definition) is 3. The molecule has 2 heterocycles. The third-order valence-electron chi connectivity index (χ3n) is 3.38. The van der Waals surface area contributed by atoms with Gasteiger partial charge in [0.05, 0.1) is 11.6 Å².